The molecule has 0 fully saturated rings. The van der Waals surface area contributed by atoms with Crippen LogP contribution in [0, 0.1) is 0 Å². The van der Waals surface area contributed by atoms with Gasteiger partial charge in [-0.05, 0) is 31.7 Å². The minimum Gasteiger partial charge on any atom is -0.269 e. The maximum atomic E-state index is 11.1. The zero-order chi connectivity index (χ0) is 12.4. The van der Waals surface area contributed by atoms with E-state index in [1.54, 1.807) is 0 Å². The Morgan fingerprint density at radius 3 is 2.38 bits per heavy atom. The molecule has 0 unspecified atom stereocenters. The quantitative estimate of drug-likeness (QED) is 0.346. The van der Waals surface area contributed by atoms with Crippen LogP contribution in [-0.4, -0.2) is 11.6 Å². The third-order valence-electron chi connectivity index (χ3n) is 2.22. The van der Waals surface area contributed by atoms with Crippen LogP contribution >= 0.6 is 0 Å². The van der Waals surface area contributed by atoms with Gasteiger partial charge in [-0.25, -0.2) is 4.79 Å². The van der Waals surface area contributed by atoms with E-state index in [1.807, 2.05) is 13.8 Å². The van der Waals surface area contributed by atoms with Crippen LogP contribution in [0.1, 0.15) is 66.2 Å². The largest absolute Gasteiger partial charge is 0.345 e. The van der Waals surface area contributed by atoms with Gasteiger partial charge in [0.1, 0.15) is 5.60 Å². The molecule has 0 aromatic rings. The highest BCUT2D eigenvalue weighted by atomic mass is 17.5. The first-order chi connectivity index (χ1) is 7.52. The summed E-state index contributed by atoms with van der Waals surface area (Å²) in [4.78, 5) is 20.6. The first-order valence-corrected chi connectivity index (χ1v) is 6.07. The normalized spacial score (nSPS) is 11.5. The first kappa shape index (κ1) is 15.4. The summed E-state index contributed by atoms with van der Waals surface area (Å²) in [6, 6.07) is 0. The van der Waals surface area contributed by atoms with E-state index in [4.69, 9.17) is 4.89 Å². The van der Waals surface area contributed by atoms with Crippen molar-refractivity contribution >= 4 is 5.97 Å². The molecule has 0 spiro atoms. The molecule has 4 nitrogen and oxygen atoms in total. The Labute approximate surface area is 98.1 Å². The van der Waals surface area contributed by atoms with Gasteiger partial charge in [-0.15, -0.1) is 0 Å². The lowest BCUT2D eigenvalue weighted by Gasteiger charge is -2.20. The Hall–Kier alpha value is -0.610. The standard InChI is InChI=1S/C12H24O4/c1-5-7-8-9-11(13)14-16-15-12(3,4)10-6-2/h5-10H2,1-4H3. The van der Waals surface area contributed by atoms with Gasteiger partial charge in [-0.2, -0.15) is 4.89 Å². The maximum absolute atomic E-state index is 11.1. The van der Waals surface area contributed by atoms with Crippen LogP contribution in [-0.2, 0) is 19.6 Å². The monoisotopic (exact) mass is 232 g/mol. The highest BCUT2D eigenvalue weighted by Crippen LogP contribution is 2.16. The van der Waals surface area contributed by atoms with Gasteiger partial charge in [0, 0.05) is 6.42 Å². The van der Waals surface area contributed by atoms with E-state index in [2.05, 4.69) is 23.8 Å². The van der Waals surface area contributed by atoms with Crippen molar-refractivity contribution in [1.29, 1.82) is 0 Å². The summed E-state index contributed by atoms with van der Waals surface area (Å²) >= 11 is 0. The van der Waals surface area contributed by atoms with Crippen molar-refractivity contribution in [2.24, 2.45) is 0 Å². The van der Waals surface area contributed by atoms with Crippen LogP contribution in [0.3, 0.4) is 0 Å². The van der Waals surface area contributed by atoms with E-state index in [-0.39, 0.29) is 5.97 Å². The minimum absolute atomic E-state index is 0.374. The van der Waals surface area contributed by atoms with Gasteiger partial charge in [-0.3, -0.25) is 4.89 Å². The SMILES string of the molecule is CCCCCC(=O)OOOC(C)(C)CCC. The Balaban J connectivity index is 3.53. The molecule has 4 heteroatoms. The van der Waals surface area contributed by atoms with Crippen LogP contribution < -0.4 is 0 Å². The Morgan fingerprint density at radius 2 is 1.81 bits per heavy atom. The Kier molecular flexibility index (Phi) is 8.21. The second-order valence-corrected chi connectivity index (χ2v) is 4.57. The molecular formula is C12H24O4. The number of hydrogen-bond donors (Lipinski definition) is 0. The van der Waals surface area contributed by atoms with Crippen LogP contribution in [0.5, 0.6) is 0 Å². The summed E-state index contributed by atoms with van der Waals surface area (Å²) in [5.41, 5.74) is -0.418. The molecule has 0 bridgehead atoms. The van der Waals surface area contributed by atoms with Gasteiger partial charge in [0.05, 0.1) is 0 Å². The molecule has 0 heterocycles. The number of hydrogen-bond acceptors (Lipinski definition) is 4. The molecule has 0 atom stereocenters. The molecule has 16 heavy (non-hydrogen) atoms. The fraction of sp³-hybridized carbons (Fsp3) is 0.917. The van der Waals surface area contributed by atoms with Crippen LogP contribution in [0.15, 0.2) is 0 Å². The summed E-state index contributed by atoms with van der Waals surface area (Å²) < 4.78 is 0. The van der Waals surface area contributed by atoms with Gasteiger partial charge in [0.2, 0.25) is 0 Å². The van der Waals surface area contributed by atoms with Crippen molar-refractivity contribution in [2.45, 2.75) is 71.8 Å². The van der Waals surface area contributed by atoms with Crippen molar-refractivity contribution in [3.8, 4) is 0 Å². The zero-order valence-electron chi connectivity index (χ0n) is 10.9. The number of carbonyl (C=O) groups excluding carboxylic acids is 1. The number of rotatable bonds is 9. The second-order valence-electron chi connectivity index (χ2n) is 4.57. The van der Waals surface area contributed by atoms with Crippen molar-refractivity contribution in [3.05, 3.63) is 0 Å². The van der Waals surface area contributed by atoms with Crippen molar-refractivity contribution in [3.63, 3.8) is 0 Å². The van der Waals surface area contributed by atoms with E-state index in [0.717, 1.165) is 32.1 Å². The van der Waals surface area contributed by atoms with E-state index in [1.165, 1.54) is 0 Å². The predicted octanol–water partition coefficient (Wildman–Crippen LogP) is 3.55. The van der Waals surface area contributed by atoms with Gasteiger partial charge in [0.15, 0.2) is 0 Å². The average Bonchev–Trinajstić information content (AvgIpc) is 2.17. The molecule has 0 aliphatic heterocycles. The molecule has 0 aromatic heterocycles. The van der Waals surface area contributed by atoms with E-state index < -0.39 is 5.60 Å². The van der Waals surface area contributed by atoms with E-state index in [0.29, 0.717) is 6.42 Å². The molecule has 0 saturated heterocycles. The number of carbonyl (C=O) groups is 1. The van der Waals surface area contributed by atoms with Crippen molar-refractivity contribution < 1.29 is 19.6 Å². The average molecular weight is 232 g/mol. The number of unbranched alkanes of at least 4 members (excludes halogenated alkanes) is 2. The van der Waals surface area contributed by atoms with Gasteiger partial charge >= 0.3 is 5.97 Å². The fourth-order valence-corrected chi connectivity index (χ4v) is 1.35. The first-order valence-electron chi connectivity index (χ1n) is 6.07. The van der Waals surface area contributed by atoms with Gasteiger partial charge in [0.25, 0.3) is 0 Å². The van der Waals surface area contributed by atoms with Gasteiger partial charge < -0.3 is 0 Å². The highest BCUT2D eigenvalue weighted by Gasteiger charge is 2.20. The minimum atomic E-state index is -0.418. The summed E-state index contributed by atoms with van der Waals surface area (Å²) in [5.74, 6) is -0.374. The molecule has 0 amide bonds. The molecule has 0 N–H and O–H groups in total. The molecule has 0 aliphatic rings. The van der Waals surface area contributed by atoms with Crippen LogP contribution in [0.2, 0.25) is 0 Å². The lowest BCUT2D eigenvalue weighted by molar-refractivity contribution is -0.517. The second kappa shape index (κ2) is 8.53. The molecule has 0 saturated carbocycles. The summed E-state index contributed by atoms with van der Waals surface area (Å²) in [6.45, 7) is 7.92. The van der Waals surface area contributed by atoms with E-state index >= 15 is 0 Å². The molecule has 96 valence electrons. The third kappa shape index (κ3) is 8.68. The predicted molar refractivity (Wildman–Crippen MR) is 61.4 cm³/mol. The van der Waals surface area contributed by atoms with Crippen LogP contribution in [0.25, 0.3) is 0 Å². The summed E-state index contributed by atoms with van der Waals surface area (Å²) in [7, 11) is 0. The Morgan fingerprint density at radius 1 is 1.12 bits per heavy atom. The molecule has 0 aromatic carbocycles. The smallest absolute Gasteiger partial charge is 0.269 e. The van der Waals surface area contributed by atoms with E-state index in [9.17, 15) is 4.79 Å². The molecular weight excluding hydrogens is 208 g/mol. The summed E-state index contributed by atoms with van der Waals surface area (Å²) in [5, 5.41) is 4.49. The zero-order valence-corrected chi connectivity index (χ0v) is 10.9. The van der Waals surface area contributed by atoms with Crippen molar-refractivity contribution in [2.75, 3.05) is 0 Å². The topological polar surface area (TPSA) is 44.8 Å². The van der Waals surface area contributed by atoms with Gasteiger partial charge in [-0.1, -0.05) is 33.1 Å². The molecule has 0 radical (unpaired) electrons. The fourth-order valence-electron chi connectivity index (χ4n) is 1.35. The molecule has 0 aliphatic carbocycles. The Bertz CT molecular complexity index is 189. The van der Waals surface area contributed by atoms with Crippen molar-refractivity contribution in [1.82, 2.24) is 0 Å². The third-order valence-corrected chi connectivity index (χ3v) is 2.22. The highest BCUT2D eigenvalue weighted by molar-refractivity contribution is 5.68. The lowest BCUT2D eigenvalue weighted by atomic mass is 10.0. The summed E-state index contributed by atoms with van der Waals surface area (Å²) in [6.07, 6.45) is 5.15. The molecule has 0 rings (SSSR count). The maximum Gasteiger partial charge on any atom is 0.345 e. The lowest BCUT2D eigenvalue weighted by Crippen LogP contribution is -2.25. The van der Waals surface area contributed by atoms with Crippen LogP contribution in [0.4, 0.5) is 0 Å².